The monoisotopic (exact) mass is 366 g/mol. The molecule has 2 nitrogen and oxygen atoms in total. The fourth-order valence-corrected chi connectivity index (χ4v) is 3.96. The minimum Gasteiger partial charge on any atom is -0.371 e. The van der Waals surface area contributed by atoms with Gasteiger partial charge in [-0.2, -0.15) is 0 Å². The highest BCUT2D eigenvalue weighted by molar-refractivity contribution is 9.10. The van der Waals surface area contributed by atoms with E-state index in [1.165, 1.54) is 16.1 Å². The molecule has 0 bridgehead atoms. The summed E-state index contributed by atoms with van der Waals surface area (Å²) in [6.07, 6.45) is 1.98. The fourth-order valence-electron chi connectivity index (χ4n) is 2.43. The van der Waals surface area contributed by atoms with Crippen LogP contribution in [0.15, 0.2) is 40.2 Å². The van der Waals surface area contributed by atoms with Crippen LogP contribution < -0.4 is 10.6 Å². The van der Waals surface area contributed by atoms with Crippen LogP contribution in [0.2, 0.25) is 0 Å². The number of halogens is 1. The summed E-state index contributed by atoms with van der Waals surface area (Å²) in [6, 6.07) is 11.5. The molecule has 2 rings (SSSR count). The van der Waals surface area contributed by atoms with E-state index in [4.69, 9.17) is 5.73 Å². The lowest BCUT2D eigenvalue weighted by Crippen LogP contribution is -2.30. The number of nitrogens with zero attached hydrogens (tertiary/aromatic N) is 1. The summed E-state index contributed by atoms with van der Waals surface area (Å²) in [6.45, 7) is 4.30. The van der Waals surface area contributed by atoms with Crippen LogP contribution in [0.4, 0.5) is 5.69 Å². The Morgan fingerprint density at radius 1 is 1.24 bits per heavy atom. The van der Waals surface area contributed by atoms with Crippen molar-refractivity contribution in [3.05, 3.63) is 50.6 Å². The van der Waals surface area contributed by atoms with Gasteiger partial charge in [0.25, 0.3) is 0 Å². The van der Waals surface area contributed by atoms with Gasteiger partial charge in [0.05, 0.1) is 5.69 Å². The van der Waals surface area contributed by atoms with Crippen LogP contribution in [-0.2, 0) is 12.8 Å². The summed E-state index contributed by atoms with van der Waals surface area (Å²) in [5.41, 5.74) is 8.38. The van der Waals surface area contributed by atoms with Crippen LogP contribution >= 0.6 is 27.3 Å². The third-order valence-corrected chi connectivity index (χ3v) is 5.22. The van der Waals surface area contributed by atoms with Crippen molar-refractivity contribution < 1.29 is 0 Å². The Kier molecular flexibility index (Phi) is 5.85. The maximum Gasteiger partial charge on any atom is 0.0510 e. The molecule has 0 saturated heterocycles. The SMILES string of the molecule is CC(N)Cc1ccc(N(C)C(C)Cc2cccs2)c(Br)c1. The average Bonchev–Trinajstić information content (AvgIpc) is 2.90. The molecule has 2 aromatic rings. The summed E-state index contributed by atoms with van der Waals surface area (Å²) in [7, 11) is 2.16. The van der Waals surface area contributed by atoms with E-state index in [1.54, 1.807) is 0 Å². The van der Waals surface area contributed by atoms with Crippen molar-refractivity contribution in [3.8, 4) is 0 Å². The average molecular weight is 367 g/mol. The predicted molar refractivity (Wildman–Crippen MR) is 97.4 cm³/mol. The van der Waals surface area contributed by atoms with Gasteiger partial charge in [0, 0.05) is 34.9 Å². The van der Waals surface area contributed by atoms with E-state index in [-0.39, 0.29) is 6.04 Å². The van der Waals surface area contributed by atoms with Gasteiger partial charge in [0.1, 0.15) is 0 Å². The molecule has 0 radical (unpaired) electrons. The van der Waals surface area contributed by atoms with Gasteiger partial charge in [-0.25, -0.2) is 0 Å². The largest absolute Gasteiger partial charge is 0.371 e. The van der Waals surface area contributed by atoms with E-state index >= 15 is 0 Å². The zero-order valence-electron chi connectivity index (χ0n) is 12.8. The van der Waals surface area contributed by atoms with Crippen LogP contribution in [0.1, 0.15) is 24.3 Å². The van der Waals surface area contributed by atoms with E-state index in [0.29, 0.717) is 6.04 Å². The number of nitrogens with two attached hydrogens (primary N) is 1. The lowest BCUT2D eigenvalue weighted by molar-refractivity contribution is 0.686. The topological polar surface area (TPSA) is 29.3 Å². The fraction of sp³-hybridized carbons (Fsp3) is 0.412. The van der Waals surface area contributed by atoms with Gasteiger partial charge in [0.2, 0.25) is 0 Å². The van der Waals surface area contributed by atoms with Gasteiger partial charge in [-0.05, 0) is 65.3 Å². The first kappa shape index (κ1) is 16.5. The molecule has 1 aromatic heterocycles. The number of thiophene rings is 1. The van der Waals surface area contributed by atoms with Crippen molar-refractivity contribution in [1.29, 1.82) is 0 Å². The minimum atomic E-state index is 0.193. The maximum absolute atomic E-state index is 5.87. The van der Waals surface area contributed by atoms with Crippen LogP contribution in [0.5, 0.6) is 0 Å². The third kappa shape index (κ3) is 4.56. The van der Waals surface area contributed by atoms with Gasteiger partial charge in [0.15, 0.2) is 0 Å². The molecule has 0 aliphatic rings. The molecule has 2 N–H and O–H groups in total. The summed E-state index contributed by atoms with van der Waals surface area (Å²) < 4.78 is 1.14. The number of hydrogen-bond donors (Lipinski definition) is 1. The van der Waals surface area contributed by atoms with E-state index in [1.807, 2.05) is 18.3 Å². The van der Waals surface area contributed by atoms with Gasteiger partial charge < -0.3 is 10.6 Å². The highest BCUT2D eigenvalue weighted by Gasteiger charge is 2.14. The van der Waals surface area contributed by atoms with Crippen molar-refractivity contribution in [2.75, 3.05) is 11.9 Å². The second-order valence-electron chi connectivity index (χ2n) is 5.71. The van der Waals surface area contributed by atoms with Crippen LogP contribution in [0, 0.1) is 0 Å². The second-order valence-corrected chi connectivity index (χ2v) is 7.60. The molecule has 2 atom stereocenters. The molecule has 4 heteroatoms. The zero-order chi connectivity index (χ0) is 15.4. The molecule has 0 spiro atoms. The standard InChI is InChI=1S/C17H23BrN2S/c1-12(19)9-14-6-7-17(16(18)11-14)20(3)13(2)10-15-5-4-8-21-15/h4-8,11-13H,9-10,19H2,1-3H3. The van der Waals surface area contributed by atoms with Gasteiger partial charge in [-0.1, -0.05) is 12.1 Å². The summed E-state index contributed by atoms with van der Waals surface area (Å²) >= 11 is 5.53. The van der Waals surface area contributed by atoms with E-state index < -0.39 is 0 Å². The normalized spacial score (nSPS) is 14.0. The second kappa shape index (κ2) is 7.43. The van der Waals surface area contributed by atoms with Crippen LogP contribution in [-0.4, -0.2) is 19.1 Å². The van der Waals surface area contributed by atoms with Crippen LogP contribution in [0.3, 0.4) is 0 Å². The smallest absolute Gasteiger partial charge is 0.0510 e. The molecule has 2 unspecified atom stereocenters. The van der Waals surface area contributed by atoms with Gasteiger partial charge >= 0.3 is 0 Å². The minimum absolute atomic E-state index is 0.193. The predicted octanol–water partition coefficient (Wildman–Crippen LogP) is 4.47. The Morgan fingerprint density at radius 3 is 2.57 bits per heavy atom. The molecular weight excluding hydrogens is 344 g/mol. The number of benzene rings is 1. The summed E-state index contributed by atoms with van der Waals surface area (Å²) in [4.78, 5) is 3.76. The Balaban J connectivity index is 2.09. The lowest BCUT2D eigenvalue weighted by Gasteiger charge is -2.28. The van der Waals surface area contributed by atoms with E-state index in [9.17, 15) is 0 Å². The summed E-state index contributed by atoms with van der Waals surface area (Å²) in [5, 5.41) is 2.14. The van der Waals surface area contributed by atoms with Gasteiger partial charge in [-0.3, -0.25) is 0 Å². The number of anilines is 1. The molecule has 0 saturated carbocycles. The summed E-state index contributed by atoms with van der Waals surface area (Å²) in [5.74, 6) is 0. The zero-order valence-corrected chi connectivity index (χ0v) is 15.2. The number of rotatable bonds is 6. The molecule has 21 heavy (non-hydrogen) atoms. The van der Waals surface area contributed by atoms with E-state index in [0.717, 1.165) is 17.3 Å². The Hall–Kier alpha value is -0.840. The first-order chi connectivity index (χ1) is 9.97. The van der Waals surface area contributed by atoms with Crippen molar-refractivity contribution in [1.82, 2.24) is 0 Å². The number of likely N-dealkylation sites (N-methyl/N-ethyl adjacent to an activating group) is 1. The molecule has 1 aromatic carbocycles. The quantitative estimate of drug-likeness (QED) is 0.816. The van der Waals surface area contributed by atoms with E-state index in [2.05, 4.69) is 70.5 Å². The molecular formula is C17H23BrN2S. The Labute approximate surface area is 140 Å². The van der Waals surface area contributed by atoms with Crippen molar-refractivity contribution in [3.63, 3.8) is 0 Å². The lowest BCUT2D eigenvalue weighted by atomic mass is 10.1. The molecule has 0 aliphatic heterocycles. The molecule has 114 valence electrons. The van der Waals surface area contributed by atoms with Crippen LogP contribution in [0.25, 0.3) is 0 Å². The Bertz CT molecular complexity index is 566. The van der Waals surface area contributed by atoms with Crippen molar-refractivity contribution in [2.24, 2.45) is 5.73 Å². The maximum atomic E-state index is 5.87. The van der Waals surface area contributed by atoms with Gasteiger partial charge in [-0.15, -0.1) is 11.3 Å². The highest BCUT2D eigenvalue weighted by Crippen LogP contribution is 2.29. The molecule has 0 aliphatic carbocycles. The third-order valence-electron chi connectivity index (χ3n) is 3.69. The highest BCUT2D eigenvalue weighted by atomic mass is 79.9. The first-order valence-electron chi connectivity index (χ1n) is 7.26. The Morgan fingerprint density at radius 2 is 2.00 bits per heavy atom. The molecule has 1 heterocycles. The van der Waals surface area contributed by atoms with Crippen molar-refractivity contribution >= 4 is 33.0 Å². The number of hydrogen-bond acceptors (Lipinski definition) is 3. The van der Waals surface area contributed by atoms with Crippen molar-refractivity contribution in [2.45, 2.75) is 38.8 Å². The first-order valence-corrected chi connectivity index (χ1v) is 8.94. The molecule has 0 fully saturated rings. The molecule has 0 amide bonds.